The number of allylic oxidation sites excluding steroid dienone is 1. The first kappa shape index (κ1) is 20.4. The molecule has 3 aromatic heterocycles. The molecule has 3 rings (SSSR count). The molecule has 0 spiro atoms. The predicted molar refractivity (Wildman–Crippen MR) is 105 cm³/mol. The summed E-state index contributed by atoms with van der Waals surface area (Å²) in [5.41, 5.74) is -0.151. The molecular weight excluding hydrogens is 398 g/mol. The first-order chi connectivity index (χ1) is 14.0. The van der Waals surface area contributed by atoms with Crippen LogP contribution in [0.2, 0.25) is 0 Å². The molecule has 10 nitrogen and oxygen atoms in total. The minimum absolute atomic E-state index is 0.0663. The van der Waals surface area contributed by atoms with Gasteiger partial charge in [-0.1, -0.05) is 17.8 Å². The van der Waals surface area contributed by atoms with Crippen LogP contribution >= 0.6 is 11.8 Å². The van der Waals surface area contributed by atoms with Gasteiger partial charge in [-0.3, -0.25) is 14.2 Å². The van der Waals surface area contributed by atoms with Crippen molar-refractivity contribution in [2.24, 2.45) is 0 Å². The van der Waals surface area contributed by atoms with Crippen LogP contribution in [0.3, 0.4) is 0 Å². The Kier molecular flexibility index (Phi) is 6.50. The van der Waals surface area contributed by atoms with Crippen molar-refractivity contribution < 1.29 is 13.6 Å². The van der Waals surface area contributed by atoms with E-state index in [2.05, 4.69) is 27.1 Å². The third kappa shape index (κ3) is 5.13. The fraction of sp³-hybridized carbons (Fsp3) is 0.278. The number of aryl methyl sites for hydroxylation is 1. The molecule has 0 radical (unpaired) electrons. The molecule has 11 heteroatoms. The highest BCUT2D eigenvalue weighted by Gasteiger charge is 2.16. The van der Waals surface area contributed by atoms with E-state index in [4.69, 9.17) is 8.83 Å². The lowest BCUT2D eigenvalue weighted by Crippen LogP contribution is -2.37. The molecule has 0 saturated heterocycles. The van der Waals surface area contributed by atoms with Crippen LogP contribution in [-0.4, -0.2) is 31.4 Å². The highest BCUT2D eigenvalue weighted by Crippen LogP contribution is 2.17. The Morgan fingerprint density at radius 1 is 1.41 bits per heavy atom. The number of H-pyrrole nitrogens is 1. The second-order valence-corrected chi connectivity index (χ2v) is 6.95. The van der Waals surface area contributed by atoms with Crippen LogP contribution in [0, 0.1) is 6.92 Å². The van der Waals surface area contributed by atoms with Crippen LogP contribution in [0.15, 0.2) is 54.7 Å². The fourth-order valence-corrected chi connectivity index (χ4v) is 3.13. The Balaban J connectivity index is 1.61. The molecule has 0 aromatic carbocycles. The molecule has 0 bridgehead atoms. The van der Waals surface area contributed by atoms with E-state index in [1.54, 1.807) is 19.1 Å². The summed E-state index contributed by atoms with van der Waals surface area (Å²) in [6.07, 6.45) is 3.07. The van der Waals surface area contributed by atoms with Gasteiger partial charge in [-0.25, -0.2) is 4.79 Å². The second-order valence-electron chi connectivity index (χ2n) is 6.02. The molecule has 0 fully saturated rings. The maximum Gasteiger partial charge on any atom is 0.328 e. The molecule has 0 atom stereocenters. The number of nitrogens with one attached hydrogen (secondary N) is 2. The van der Waals surface area contributed by atoms with Crippen molar-refractivity contribution in [2.75, 3.05) is 5.75 Å². The van der Waals surface area contributed by atoms with Crippen molar-refractivity contribution in [3.8, 4) is 0 Å². The van der Waals surface area contributed by atoms with E-state index < -0.39 is 11.2 Å². The Labute approximate surface area is 169 Å². The molecule has 1 amide bonds. The summed E-state index contributed by atoms with van der Waals surface area (Å²) in [6.45, 7) is 5.57. The highest BCUT2D eigenvalue weighted by molar-refractivity contribution is 7.99. The lowest BCUT2D eigenvalue weighted by molar-refractivity contribution is -0.118. The number of amides is 1. The molecule has 0 saturated carbocycles. The molecule has 3 aromatic rings. The zero-order valence-corrected chi connectivity index (χ0v) is 16.5. The fourth-order valence-electron chi connectivity index (χ4n) is 2.52. The summed E-state index contributed by atoms with van der Waals surface area (Å²) in [7, 11) is 0. The highest BCUT2D eigenvalue weighted by atomic mass is 32.2. The van der Waals surface area contributed by atoms with Gasteiger partial charge in [0, 0.05) is 17.8 Å². The van der Waals surface area contributed by atoms with Gasteiger partial charge in [0.15, 0.2) is 0 Å². The predicted octanol–water partition coefficient (Wildman–Crippen LogP) is 1.01. The van der Waals surface area contributed by atoms with Gasteiger partial charge in [0.05, 0.1) is 25.0 Å². The number of furan rings is 1. The number of rotatable bonds is 9. The standard InChI is InChI=1S/C18H19N5O5S/c1-3-6-23-16(25)13(11(2)20-17(23)26)8-15-21-22-18(28-15)29-10-14(24)19-9-12-5-4-7-27-12/h3-5,7H,1,6,8-10H2,2H3,(H,19,24)(H,20,26). The smallest absolute Gasteiger partial charge is 0.328 e. The van der Waals surface area contributed by atoms with Crippen molar-refractivity contribution in [1.82, 2.24) is 25.1 Å². The summed E-state index contributed by atoms with van der Waals surface area (Å²) >= 11 is 1.08. The Morgan fingerprint density at radius 3 is 2.97 bits per heavy atom. The zero-order valence-electron chi connectivity index (χ0n) is 15.6. The number of hydrogen-bond donors (Lipinski definition) is 2. The summed E-state index contributed by atoms with van der Waals surface area (Å²) < 4.78 is 11.7. The van der Waals surface area contributed by atoms with Gasteiger partial charge >= 0.3 is 5.69 Å². The van der Waals surface area contributed by atoms with Crippen molar-refractivity contribution >= 4 is 17.7 Å². The Bertz CT molecular complexity index is 1110. The van der Waals surface area contributed by atoms with Crippen LogP contribution in [0.25, 0.3) is 0 Å². The number of aromatic nitrogens is 4. The van der Waals surface area contributed by atoms with Crippen molar-refractivity contribution in [2.45, 2.75) is 31.7 Å². The quantitative estimate of drug-likeness (QED) is 0.389. The van der Waals surface area contributed by atoms with Crippen molar-refractivity contribution in [3.63, 3.8) is 0 Å². The van der Waals surface area contributed by atoms with Gasteiger partial charge in [0.2, 0.25) is 11.8 Å². The number of carbonyl (C=O) groups is 1. The SMILES string of the molecule is C=CCn1c(=O)[nH]c(C)c(Cc2nnc(SCC(=O)NCc3ccco3)o2)c1=O. The second kappa shape index (κ2) is 9.24. The van der Waals surface area contributed by atoms with E-state index in [9.17, 15) is 14.4 Å². The maximum absolute atomic E-state index is 12.5. The van der Waals surface area contributed by atoms with E-state index in [0.717, 1.165) is 16.3 Å². The molecule has 0 aliphatic rings. The minimum Gasteiger partial charge on any atom is -0.467 e. The Hall–Kier alpha value is -3.34. The molecular formula is C18H19N5O5S. The van der Waals surface area contributed by atoms with Gasteiger partial charge in [-0.05, 0) is 19.1 Å². The van der Waals surface area contributed by atoms with E-state index in [1.165, 1.54) is 12.3 Å². The average molecular weight is 417 g/mol. The molecule has 0 aliphatic heterocycles. The topological polar surface area (TPSA) is 136 Å². The molecule has 0 unspecified atom stereocenters. The number of nitrogens with zero attached hydrogens (tertiary/aromatic N) is 3. The number of carbonyl (C=O) groups excluding carboxylic acids is 1. The van der Waals surface area contributed by atoms with Gasteiger partial charge in [-0.15, -0.1) is 16.8 Å². The molecule has 2 N–H and O–H groups in total. The van der Waals surface area contributed by atoms with E-state index in [-0.39, 0.29) is 35.7 Å². The van der Waals surface area contributed by atoms with Crippen LogP contribution in [0.4, 0.5) is 0 Å². The number of thioether (sulfide) groups is 1. The number of aromatic amines is 1. The molecule has 3 heterocycles. The monoisotopic (exact) mass is 417 g/mol. The third-order valence-electron chi connectivity index (χ3n) is 3.95. The first-order valence-electron chi connectivity index (χ1n) is 8.65. The van der Waals surface area contributed by atoms with Gasteiger partial charge in [0.1, 0.15) is 5.76 Å². The molecule has 29 heavy (non-hydrogen) atoms. The normalized spacial score (nSPS) is 10.8. The van der Waals surface area contributed by atoms with Gasteiger partial charge in [-0.2, -0.15) is 0 Å². The Morgan fingerprint density at radius 2 is 2.24 bits per heavy atom. The largest absolute Gasteiger partial charge is 0.467 e. The van der Waals surface area contributed by atoms with Crippen LogP contribution in [-0.2, 0) is 24.3 Å². The van der Waals surface area contributed by atoms with E-state index >= 15 is 0 Å². The zero-order chi connectivity index (χ0) is 20.8. The summed E-state index contributed by atoms with van der Waals surface area (Å²) in [5.74, 6) is 0.740. The lowest BCUT2D eigenvalue weighted by Gasteiger charge is -2.06. The van der Waals surface area contributed by atoms with Crippen LogP contribution in [0.5, 0.6) is 0 Å². The lowest BCUT2D eigenvalue weighted by atomic mass is 10.1. The summed E-state index contributed by atoms with van der Waals surface area (Å²) in [6, 6.07) is 3.51. The minimum atomic E-state index is -0.501. The summed E-state index contributed by atoms with van der Waals surface area (Å²) in [4.78, 5) is 38.9. The number of hydrogen-bond acceptors (Lipinski definition) is 8. The van der Waals surface area contributed by atoms with Crippen molar-refractivity contribution in [3.05, 3.63) is 74.8 Å². The molecule has 152 valence electrons. The maximum atomic E-state index is 12.5. The third-order valence-corrected chi connectivity index (χ3v) is 4.77. The van der Waals surface area contributed by atoms with Gasteiger partial charge in [0.25, 0.3) is 10.8 Å². The summed E-state index contributed by atoms with van der Waals surface area (Å²) in [5, 5.41) is 10.7. The first-order valence-corrected chi connectivity index (χ1v) is 9.64. The molecule has 0 aliphatic carbocycles. The van der Waals surface area contributed by atoms with Crippen LogP contribution < -0.4 is 16.6 Å². The van der Waals surface area contributed by atoms with E-state index in [1.807, 2.05) is 0 Å². The van der Waals surface area contributed by atoms with Crippen molar-refractivity contribution in [1.29, 1.82) is 0 Å². The van der Waals surface area contributed by atoms with Crippen LogP contribution in [0.1, 0.15) is 22.9 Å². The van der Waals surface area contributed by atoms with E-state index in [0.29, 0.717) is 23.6 Å². The van der Waals surface area contributed by atoms with Gasteiger partial charge < -0.3 is 19.1 Å². The average Bonchev–Trinajstić information content (AvgIpc) is 3.37.